The number of hydrogen-bond acceptors (Lipinski definition) is 1. The number of hydrogen-bond donors (Lipinski definition) is 1. The highest BCUT2D eigenvalue weighted by Crippen LogP contribution is 2.35. The van der Waals surface area contributed by atoms with E-state index in [2.05, 4.69) is 13.0 Å². The Bertz CT molecular complexity index is 361. The average Bonchev–Trinajstić information content (AvgIpc) is 2.02. The SMILES string of the molecule is CC1=Cc2ccccc2C(C)(O)C1. The van der Waals surface area contributed by atoms with E-state index in [1.807, 2.05) is 31.2 Å². The quantitative estimate of drug-likeness (QED) is 0.641. The normalized spacial score (nSPS) is 26.5. The molecule has 2 rings (SSSR count). The highest BCUT2D eigenvalue weighted by molar-refractivity contribution is 5.61. The van der Waals surface area contributed by atoms with Crippen LogP contribution in [0.25, 0.3) is 6.08 Å². The van der Waals surface area contributed by atoms with Crippen molar-refractivity contribution in [3.05, 3.63) is 41.0 Å². The van der Waals surface area contributed by atoms with Crippen LogP contribution in [-0.2, 0) is 5.60 Å². The lowest BCUT2D eigenvalue weighted by atomic mass is 9.81. The van der Waals surface area contributed by atoms with Gasteiger partial charge in [-0.05, 0) is 25.0 Å². The molecular formula is C12H14O. The molecule has 0 saturated heterocycles. The van der Waals surface area contributed by atoms with Crippen LogP contribution in [0.4, 0.5) is 0 Å². The van der Waals surface area contributed by atoms with Gasteiger partial charge in [0.1, 0.15) is 0 Å². The van der Waals surface area contributed by atoms with Crippen LogP contribution in [0.5, 0.6) is 0 Å². The zero-order valence-corrected chi connectivity index (χ0v) is 8.04. The first-order chi connectivity index (χ1) is 6.09. The van der Waals surface area contributed by atoms with Gasteiger partial charge in [0.15, 0.2) is 0 Å². The van der Waals surface area contributed by atoms with Gasteiger partial charge in [-0.3, -0.25) is 0 Å². The fraction of sp³-hybridized carbons (Fsp3) is 0.333. The first-order valence-electron chi connectivity index (χ1n) is 4.59. The smallest absolute Gasteiger partial charge is 0.0911 e. The average molecular weight is 174 g/mol. The fourth-order valence-corrected chi connectivity index (χ4v) is 2.07. The Labute approximate surface area is 78.7 Å². The standard InChI is InChI=1S/C12H14O/c1-9-7-10-5-3-4-6-11(10)12(2,13)8-9/h3-7,13H,8H2,1-2H3. The Balaban J connectivity index is 2.62. The van der Waals surface area contributed by atoms with E-state index in [0.717, 1.165) is 17.5 Å². The second kappa shape index (κ2) is 2.71. The number of fused-ring (bicyclic) bond motifs is 1. The number of rotatable bonds is 0. The maximum Gasteiger partial charge on any atom is 0.0911 e. The van der Waals surface area contributed by atoms with Crippen molar-refractivity contribution in [3.8, 4) is 0 Å². The molecule has 1 N–H and O–H groups in total. The van der Waals surface area contributed by atoms with E-state index < -0.39 is 5.60 Å². The molecule has 68 valence electrons. The Kier molecular flexibility index (Phi) is 1.77. The second-order valence-electron chi connectivity index (χ2n) is 4.03. The summed E-state index contributed by atoms with van der Waals surface area (Å²) in [5.74, 6) is 0. The topological polar surface area (TPSA) is 20.2 Å². The largest absolute Gasteiger partial charge is 0.385 e. The summed E-state index contributed by atoms with van der Waals surface area (Å²) in [6.45, 7) is 3.94. The molecule has 1 aliphatic rings. The molecule has 1 aliphatic carbocycles. The first kappa shape index (κ1) is 8.52. The van der Waals surface area contributed by atoms with Crippen LogP contribution >= 0.6 is 0 Å². The van der Waals surface area contributed by atoms with Crippen molar-refractivity contribution >= 4 is 6.08 Å². The van der Waals surface area contributed by atoms with Crippen LogP contribution in [0, 0.1) is 0 Å². The van der Waals surface area contributed by atoms with Crippen LogP contribution in [0.2, 0.25) is 0 Å². The zero-order valence-electron chi connectivity index (χ0n) is 8.04. The van der Waals surface area contributed by atoms with E-state index in [0.29, 0.717) is 0 Å². The minimum Gasteiger partial charge on any atom is -0.385 e. The summed E-state index contributed by atoms with van der Waals surface area (Å²) in [5.41, 5.74) is 2.75. The predicted octanol–water partition coefficient (Wildman–Crippen LogP) is 2.70. The molecule has 0 radical (unpaired) electrons. The highest BCUT2D eigenvalue weighted by Gasteiger charge is 2.28. The van der Waals surface area contributed by atoms with E-state index in [1.54, 1.807) is 0 Å². The van der Waals surface area contributed by atoms with Crippen molar-refractivity contribution in [1.29, 1.82) is 0 Å². The molecule has 0 aromatic heterocycles. The molecule has 0 spiro atoms. The van der Waals surface area contributed by atoms with Crippen LogP contribution in [0.3, 0.4) is 0 Å². The van der Waals surface area contributed by atoms with Gasteiger partial charge in [0.25, 0.3) is 0 Å². The van der Waals surface area contributed by atoms with Crippen molar-refractivity contribution in [2.24, 2.45) is 0 Å². The van der Waals surface area contributed by atoms with E-state index >= 15 is 0 Å². The van der Waals surface area contributed by atoms with Gasteiger partial charge >= 0.3 is 0 Å². The molecule has 1 atom stereocenters. The van der Waals surface area contributed by atoms with Crippen molar-refractivity contribution in [2.45, 2.75) is 25.9 Å². The van der Waals surface area contributed by atoms with Crippen molar-refractivity contribution in [1.82, 2.24) is 0 Å². The van der Waals surface area contributed by atoms with E-state index in [9.17, 15) is 5.11 Å². The highest BCUT2D eigenvalue weighted by atomic mass is 16.3. The van der Waals surface area contributed by atoms with Gasteiger partial charge in [-0.15, -0.1) is 0 Å². The van der Waals surface area contributed by atoms with E-state index in [-0.39, 0.29) is 0 Å². The Morgan fingerprint density at radius 1 is 1.31 bits per heavy atom. The van der Waals surface area contributed by atoms with Crippen molar-refractivity contribution in [3.63, 3.8) is 0 Å². The van der Waals surface area contributed by atoms with Crippen LogP contribution in [-0.4, -0.2) is 5.11 Å². The molecule has 1 heteroatoms. The third kappa shape index (κ3) is 1.40. The van der Waals surface area contributed by atoms with Gasteiger partial charge in [0.05, 0.1) is 5.60 Å². The molecule has 0 bridgehead atoms. The molecule has 1 aromatic carbocycles. The summed E-state index contributed by atoms with van der Waals surface area (Å²) in [6, 6.07) is 8.02. The lowest BCUT2D eigenvalue weighted by Gasteiger charge is -2.29. The molecule has 0 aliphatic heterocycles. The summed E-state index contributed by atoms with van der Waals surface area (Å²) >= 11 is 0. The third-order valence-corrected chi connectivity index (χ3v) is 2.57. The minimum absolute atomic E-state index is 0.685. The maximum absolute atomic E-state index is 10.2. The van der Waals surface area contributed by atoms with Crippen LogP contribution < -0.4 is 0 Å². The first-order valence-corrected chi connectivity index (χ1v) is 4.59. The lowest BCUT2D eigenvalue weighted by molar-refractivity contribution is 0.0562. The molecule has 0 heterocycles. The maximum atomic E-state index is 10.2. The third-order valence-electron chi connectivity index (χ3n) is 2.57. The lowest BCUT2D eigenvalue weighted by Crippen LogP contribution is -2.24. The molecule has 0 fully saturated rings. The minimum atomic E-state index is -0.685. The van der Waals surface area contributed by atoms with E-state index in [1.165, 1.54) is 5.57 Å². The Morgan fingerprint density at radius 3 is 2.77 bits per heavy atom. The van der Waals surface area contributed by atoms with Gasteiger partial charge in [0, 0.05) is 6.42 Å². The molecule has 1 unspecified atom stereocenters. The summed E-state index contributed by atoms with van der Waals surface area (Å²) in [6.07, 6.45) is 2.89. The summed E-state index contributed by atoms with van der Waals surface area (Å²) in [4.78, 5) is 0. The fourth-order valence-electron chi connectivity index (χ4n) is 2.07. The predicted molar refractivity (Wildman–Crippen MR) is 54.3 cm³/mol. The van der Waals surface area contributed by atoms with Gasteiger partial charge in [-0.1, -0.05) is 35.9 Å². The van der Waals surface area contributed by atoms with Crippen molar-refractivity contribution < 1.29 is 5.11 Å². The number of aliphatic hydroxyl groups is 1. The second-order valence-corrected chi connectivity index (χ2v) is 4.03. The number of benzene rings is 1. The molecule has 0 saturated carbocycles. The zero-order chi connectivity index (χ0) is 9.47. The summed E-state index contributed by atoms with van der Waals surface area (Å²) in [5, 5.41) is 10.2. The molecule has 0 amide bonds. The summed E-state index contributed by atoms with van der Waals surface area (Å²) in [7, 11) is 0. The van der Waals surface area contributed by atoms with Gasteiger partial charge in [0.2, 0.25) is 0 Å². The molecular weight excluding hydrogens is 160 g/mol. The van der Waals surface area contributed by atoms with Gasteiger partial charge in [-0.25, -0.2) is 0 Å². The van der Waals surface area contributed by atoms with Crippen LogP contribution in [0.1, 0.15) is 31.4 Å². The monoisotopic (exact) mass is 174 g/mol. The van der Waals surface area contributed by atoms with Gasteiger partial charge in [-0.2, -0.15) is 0 Å². The summed E-state index contributed by atoms with van der Waals surface area (Å²) < 4.78 is 0. The molecule has 1 aromatic rings. The van der Waals surface area contributed by atoms with Crippen molar-refractivity contribution in [2.75, 3.05) is 0 Å². The molecule has 13 heavy (non-hydrogen) atoms. The van der Waals surface area contributed by atoms with Gasteiger partial charge < -0.3 is 5.11 Å². The molecule has 1 nitrogen and oxygen atoms in total. The van der Waals surface area contributed by atoms with Crippen LogP contribution in [0.15, 0.2) is 29.8 Å². The Hall–Kier alpha value is -1.08. The Morgan fingerprint density at radius 2 is 2.00 bits per heavy atom. The van der Waals surface area contributed by atoms with E-state index in [4.69, 9.17) is 0 Å².